The number of benzene rings is 2. The monoisotopic (exact) mass is 380 g/mol. The molecule has 150 valence electrons. The average Bonchev–Trinajstić information content (AvgIpc) is 3.27. The van der Waals surface area contributed by atoms with Crippen LogP contribution in [-0.4, -0.2) is 43.8 Å². The first-order valence-corrected chi connectivity index (χ1v) is 10.8. The Morgan fingerprint density at radius 3 is 2.68 bits per heavy atom. The zero-order valence-electron chi connectivity index (χ0n) is 17.6. The Morgan fingerprint density at radius 2 is 1.89 bits per heavy atom. The van der Waals surface area contributed by atoms with E-state index in [4.69, 9.17) is 0 Å². The third kappa shape index (κ3) is 3.96. The molecule has 2 nitrogen and oxygen atoms in total. The van der Waals surface area contributed by atoms with Gasteiger partial charge in [-0.3, -0.25) is 4.90 Å². The first-order valence-electron chi connectivity index (χ1n) is 10.8. The average molecular weight is 381 g/mol. The van der Waals surface area contributed by atoms with Gasteiger partial charge < -0.3 is 4.90 Å². The fraction of sp³-hybridized carbons (Fsp3) is 0.520. The minimum atomic E-state index is -0.993. The number of likely N-dealkylation sites (tertiary alicyclic amines) is 1. The largest absolute Gasteiger partial charge is 0.374 e. The fourth-order valence-corrected chi connectivity index (χ4v) is 5.06. The molecule has 1 saturated heterocycles. The van der Waals surface area contributed by atoms with Crippen molar-refractivity contribution in [3.8, 4) is 11.1 Å². The van der Waals surface area contributed by atoms with E-state index in [1.807, 2.05) is 0 Å². The third-order valence-electron chi connectivity index (χ3n) is 6.62. The predicted molar refractivity (Wildman–Crippen MR) is 117 cm³/mol. The van der Waals surface area contributed by atoms with Crippen LogP contribution < -0.4 is 4.90 Å². The van der Waals surface area contributed by atoms with Gasteiger partial charge in [-0.25, -0.2) is 4.39 Å². The highest BCUT2D eigenvalue weighted by atomic mass is 19.1. The van der Waals surface area contributed by atoms with Gasteiger partial charge in [0.2, 0.25) is 0 Å². The van der Waals surface area contributed by atoms with Crippen molar-refractivity contribution in [3.63, 3.8) is 0 Å². The molecule has 2 aromatic rings. The van der Waals surface area contributed by atoms with Gasteiger partial charge in [-0.1, -0.05) is 30.3 Å². The van der Waals surface area contributed by atoms with Gasteiger partial charge in [0.1, 0.15) is 5.67 Å². The number of aryl methyl sites for hydroxylation is 1. The van der Waals surface area contributed by atoms with Crippen LogP contribution in [0.25, 0.3) is 11.1 Å². The molecule has 1 unspecified atom stereocenters. The van der Waals surface area contributed by atoms with E-state index in [1.165, 1.54) is 47.2 Å². The summed E-state index contributed by atoms with van der Waals surface area (Å²) in [6.45, 7) is 7.44. The SMILES string of the molecule is Cc1c(-c2cccc3c2CCC3)cccc1N(C)CCCN1CCC(C)(F)C1. The highest BCUT2D eigenvalue weighted by Crippen LogP contribution is 2.36. The van der Waals surface area contributed by atoms with Crippen molar-refractivity contribution in [2.24, 2.45) is 0 Å². The van der Waals surface area contributed by atoms with E-state index in [0.29, 0.717) is 13.0 Å². The van der Waals surface area contributed by atoms with Gasteiger partial charge in [0.25, 0.3) is 0 Å². The molecule has 2 aliphatic rings. The van der Waals surface area contributed by atoms with Gasteiger partial charge >= 0.3 is 0 Å². The van der Waals surface area contributed by atoms with Crippen molar-refractivity contribution >= 4 is 5.69 Å². The lowest BCUT2D eigenvalue weighted by atomic mass is 9.93. The molecule has 1 fully saturated rings. The number of anilines is 1. The molecule has 0 aromatic heterocycles. The second-order valence-corrected chi connectivity index (χ2v) is 8.96. The summed E-state index contributed by atoms with van der Waals surface area (Å²) in [5.41, 5.74) is 7.55. The smallest absolute Gasteiger partial charge is 0.122 e. The number of hydrogen-bond acceptors (Lipinski definition) is 2. The molecule has 2 aromatic carbocycles. The van der Waals surface area contributed by atoms with Crippen molar-refractivity contribution in [2.45, 2.75) is 51.6 Å². The van der Waals surface area contributed by atoms with E-state index in [-0.39, 0.29) is 0 Å². The van der Waals surface area contributed by atoms with Gasteiger partial charge in [-0.15, -0.1) is 0 Å². The summed E-state index contributed by atoms with van der Waals surface area (Å²) in [6.07, 6.45) is 5.44. The first kappa shape index (κ1) is 19.4. The summed E-state index contributed by atoms with van der Waals surface area (Å²) < 4.78 is 14.0. The highest BCUT2D eigenvalue weighted by Gasteiger charge is 2.32. The van der Waals surface area contributed by atoms with E-state index in [9.17, 15) is 4.39 Å². The van der Waals surface area contributed by atoms with Crippen LogP contribution in [-0.2, 0) is 12.8 Å². The van der Waals surface area contributed by atoms with Gasteiger partial charge in [0.05, 0.1) is 0 Å². The normalized spacial score (nSPS) is 21.9. The Morgan fingerprint density at radius 1 is 1.11 bits per heavy atom. The zero-order valence-corrected chi connectivity index (χ0v) is 17.6. The van der Waals surface area contributed by atoms with E-state index in [1.54, 1.807) is 12.5 Å². The molecule has 0 amide bonds. The molecule has 4 rings (SSSR count). The Labute approximate surface area is 169 Å². The van der Waals surface area contributed by atoms with Gasteiger partial charge in [-0.2, -0.15) is 0 Å². The Hall–Kier alpha value is -1.87. The fourth-order valence-electron chi connectivity index (χ4n) is 5.06. The topological polar surface area (TPSA) is 6.48 Å². The van der Waals surface area contributed by atoms with E-state index in [0.717, 1.165) is 26.1 Å². The summed E-state index contributed by atoms with van der Waals surface area (Å²) in [5.74, 6) is 0. The molecule has 0 radical (unpaired) electrons. The molecule has 28 heavy (non-hydrogen) atoms. The molecular weight excluding hydrogens is 347 g/mol. The van der Waals surface area contributed by atoms with E-state index in [2.05, 4.69) is 60.2 Å². The Balaban J connectivity index is 1.46. The van der Waals surface area contributed by atoms with Crippen molar-refractivity contribution in [2.75, 3.05) is 38.1 Å². The lowest BCUT2D eigenvalue weighted by Crippen LogP contribution is -2.29. The van der Waals surface area contributed by atoms with Gasteiger partial charge in [-0.05, 0) is 86.4 Å². The van der Waals surface area contributed by atoms with Crippen LogP contribution in [0.5, 0.6) is 0 Å². The Bertz CT molecular complexity index is 842. The van der Waals surface area contributed by atoms with Crippen LogP contribution in [0.15, 0.2) is 36.4 Å². The zero-order chi connectivity index (χ0) is 19.7. The number of halogens is 1. The summed E-state index contributed by atoms with van der Waals surface area (Å²) in [7, 11) is 2.19. The Kier molecular flexibility index (Phi) is 5.46. The number of alkyl halides is 1. The maximum absolute atomic E-state index is 14.0. The molecule has 1 atom stereocenters. The standard InChI is InChI=1S/C25H33FN2/c1-19-21(23-12-5-9-20-8-4-11-22(20)23)10-6-13-24(19)27(3)15-7-16-28-17-14-25(2,26)18-28/h5-6,9-10,12-13H,4,7-8,11,14-18H2,1-3H3. The molecule has 0 saturated carbocycles. The van der Waals surface area contributed by atoms with Crippen LogP contribution in [0.1, 0.15) is 42.9 Å². The maximum atomic E-state index is 14.0. The van der Waals surface area contributed by atoms with Crippen LogP contribution in [0.4, 0.5) is 10.1 Å². The number of hydrogen-bond donors (Lipinski definition) is 0. The second kappa shape index (κ2) is 7.87. The highest BCUT2D eigenvalue weighted by molar-refractivity contribution is 5.77. The van der Waals surface area contributed by atoms with Crippen molar-refractivity contribution in [3.05, 3.63) is 53.1 Å². The van der Waals surface area contributed by atoms with E-state index >= 15 is 0 Å². The molecule has 0 bridgehead atoms. The molecular formula is C25H33FN2. The number of fused-ring (bicyclic) bond motifs is 1. The number of nitrogens with zero attached hydrogens (tertiary/aromatic N) is 2. The minimum Gasteiger partial charge on any atom is -0.374 e. The lowest BCUT2D eigenvalue weighted by Gasteiger charge is -2.25. The maximum Gasteiger partial charge on any atom is 0.122 e. The molecule has 1 aliphatic carbocycles. The molecule has 0 N–H and O–H groups in total. The van der Waals surface area contributed by atoms with Gasteiger partial charge in [0.15, 0.2) is 0 Å². The van der Waals surface area contributed by atoms with E-state index < -0.39 is 5.67 Å². The molecule has 1 heterocycles. The van der Waals surface area contributed by atoms with Crippen molar-refractivity contribution in [1.82, 2.24) is 4.90 Å². The molecule has 0 spiro atoms. The van der Waals surface area contributed by atoms with Crippen molar-refractivity contribution in [1.29, 1.82) is 0 Å². The summed E-state index contributed by atoms with van der Waals surface area (Å²) in [5, 5.41) is 0. The minimum absolute atomic E-state index is 0.588. The molecule has 3 heteroatoms. The molecule has 1 aliphatic heterocycles. The summed E-state index contributed by atoms with van der Waals surface area (Å²) >= 11 is 0. The predicted octanol–water partition coefficient (Wildman–Crippen LogP) is 5.41. The van der Waals surface area contributed by atoms with Crippen LogP contribution >= 0.6 is 0 Å². The van der Waals surface area contributed by atoms with Crippen LogP contribution in [0.3, 0.4) is 0 Å². The van der Waals surface area contributed by atoms with Crippen LogP contribution in [0, 0.1) is 6.92 Å². The number of rotatable bonds is 6. The summed E-state index contributed by atoms with van der Waals surface area (Å²) in [6, 6.07) is 13.5. The van der Waals surface area contributed by atoms with Crippen LogP contribution in [0.2, 0.25) is 0 Å². The lowest BCUT2D eigenvalue weighted by molar-refractivity contribution is 0.188. The first-order chi connectivity index (χ1) is 13.4. The summed E-state index contributed by atoms with van der Waals surface area (Å²) in [4.78, 5) is 4.64. The second-order valence-electron chi connectivity index (χ2n) is 8.96. The third-order valence-corrected chi connectivity index (χ3v) is 6.62. The van der Waals surface area contributed by atoms with Gasteiger partial charge in [0, 0.05) is 32.4 Å². The van der Waals surface area contributed by atoms with Crippen molar-refractivity contribution < 1.29 is 4.39 Å². The quantitative estimate of drug-likeness (QED) is 0.661.